The first-order valence-electron chi connectivity index (χ1n) is 8.57. The van der Waals surface area contributed by atoms with Gasteiger partial charge in [0.05, 0.1) is 12.6 Å². The molecule has 4 heteroatoms. The molecule has 0 saturated carbocycles. The number of para-hydroxylation sites is 1. The lowest BCUT2D eigenvalue weighted by molar-refractivity contribution is 0.187. The molecule has 126 valence electrons. The lowest BCUT2D eigenvalue weighted by Crippen LogP contribution is -2.40. The zero-order valence-electron chi connectivity index (χ0n) is 14.4. The molecule has 0 fully saturated rings. The van der Waals surface area contributed by atoms with Crippen LogP contribution in [-0.2, 0) is 6.42 Å². The number of benzene rings is 2. The van der Waals surface area contributed by atoms with Crippen LogP contribution >= 0.6 is 0 Å². The summed E-state index contributed by atoms with van der Waals surface area (Å²) in [5.41, 5.74) is 4.66. The van der Waals surface area contributed by atoms with Crippen molar-refractivity contribution in [2.45, 2.75) is 26.4 Å². The minimum absolute atomic E-state index is 0.351. The van der Waals surface area contributed by atoms with Gasteiger partial charge in [-0.05, 0) is 37.5 Å². The maximum Gasteiger partial charge on any atom is 0.198 e. The summed E-state index contributed by atoms with van der Waals surface area (Å²) < 4.78 is 0. The maximum absolute atomic E-state index is 10.4. The Hall–Kier alpha value is -2.33. The second-order valence-corrected chi connectivity index (χ2v) is 6.15. The Morgan fingerprint density at radius 2 is 1.96 bits per heavy atom. The summed E-state index contributed by atoms with van der Waals surface area (Å²) in [5, 5.41) is 13.8. The molecule has 0 amide bonds. The third-order valence-electron chi connectivity index (χ3n) is 4.35. The molecular weight excluding hydrogens is 298 g/mol. The van der Waals surface area contributed by atoms with Gasteiger partial charge in [-0.15, -0.1) is 0 Å². The molecule has 0 saturated heterocycles. The third-order valence-corrected chi connectivity index (χ3v) is 4.35. The van der Waals surface area contributed by atoms with Crippen LogP contribution in [0, 0.1) is 6.92 Å². The highest BCUT2D eigenvalue weighted by atomic mass is 16.3. The second-order valence-electron chi connectivity index (χ2n) is 6.15. The number of aryl methyl sites for hydroxylation is 1. The first-order chi connectivity index (χ1) is 11.7. The molecule has 0 aromatic heterocycles. The molecule has 2 aromatic rings. The van der Waals surface area contributed by atoms with Crippen LogP contribution in [0.25, 0.3) is 0 Å². The maximum atomic E-state index is 10.4. The fourth-order valence-electron chi connectivity index (χ4n) is 3.02. The van der Waals surface area contributed by atoms with Gasteiger partial charge >= 0.3 is 0 Å². The molecule has 24 heavy (non-hydrogen) atoms. The fourth-order valence-corrected chi connectivity index (χ4v) is 3.02. The van der Waals surface area contributed by atoms with Crippen LogP contribution in [0.4, 0.5) is 5.69 Å². The van der Waals surface area contributed by atoms with Crippen LogP contribution in [-0.4, -0.2) is 30.7 Å². The van der Waals surface area contributed by atoms with Crippen LogP contribution in [0.5, 0.6) is 0 Å². The van der Waals surface area contributed by atoms with Crippen LogP contribution in [0.3, 0.4) is 0 Å². The Morgan fingerprint density at radius 3 is 2.71 bits per heavy atom. The second kappa shape index (κ2) is 7.49. The summed E-state index contributed by atoms with van der Waals surface area (Å²) in [7, 11) is 0. The summed E-state index contributed by atoms with van der Waals surface area (Å²) in [5.74, 6) is 0.841. The first-order valence-corrected chi connectivity index (χ1v) is 8.57. The lowest BCUT2D eigenvalue weighted by atomic mass is 10.1. The van der Waals surface area contributed by atoms with Crippen molar-refractivity contribution in [2.24, 2.45) is 4.99 Å². The van der Waals surface area contributed by atoms with E-state index in [1.165, 1.54) is 16.8 Å². The zero-order chi connectivity index (χ0) is 16.9. The van der Waals surface area contributed by atoms with Crippen molar-refractivity contribution in [2.75, 3.05) is 24.5 Å². The van der Waals surface area contributed by atoms with Gasteiger partial charge in [0.1, 0.15) is 0 Å². The predicted octanol–water partition coefficient (Wildman–Crippen LogP) is 3.06. The monoisotopic (exact) mass is 323 g/mol. The van der Waals surface area contributed by atoms with E-state index in [1.807, 2.05) is 31.2 Å². The number of rotatable bonds is 4. The van der Waals surface area contributed by atoms with Gasteiger partial charge in [-0.2, -0.15) is 0 Å². The van der Waals surface area contributed by atoms with E-state index < -0.39 is 6.10 Å². The molecule has 2 N–H and O–H groups in total. The van der Waals surface area contributed by atoms with Gasteiger partial charge in [0.15, 0.2) is 5.96 Å². The van der Waals surface area contributed by atoms with Crippen molar-refractivity contribution in [3.05, 3.63) is 65.2 Å². The molecule has 0 spiro atoms. The van der Waals surface area contributed by atoms with E-state index in [0.29, 0.717) is 6.54 Å². The topological polar surface area (TPSA) is 47.9 Å². The van der Waals surface area contributed by atoms with Crippen molar-refractivity contribution in [1.29, 1.82) is 0 Å². The van der Waals surface area contributed by atoms with Crippen molar-refractivity contribution < 1.29 is 5.11 Å². The van der Waals surface area contributed by atoms with Gasteiger partial charge in [0.2, 0.25) is 0 Å². The largest absolute Gasteiger partial charge is 0.386 e. The number of nitrogens with one attached hydrogen (secondary N) is 1. The number of aliphatic hydroxyl groups is 1. The highest BCUT2D eigenvalue weighted by Crippen LogP contribution is 2.27. The van der Waals surface area contributed by atoms with Gasteiger partial charge in [0.25, 0.3) is 0 Å². The number of hydrogen-bond donors (Lipinski definition) is 2. The molecule has 1 aliphatic rings. The van der Waals surface area contributed by atoms with Crippen molar-refractivity contribution in [3.8, 4) is 0 Å². The molecule has 1 unspecified atom stereocenters. The number of nitrogens with zero attached hydrogens (tertiary/aromatic N) is 2. The molecule has 4 nitrogen and oxygen atoms in total. The Balaban J connectivity index is 1.76. The summed E-state index contributed by atoms with van der Waals surface area (Å²) in [6.45, 7) is 6.18. The van der Waals surface area contributed by atoms with E-state index in [2.05, 4.69) is 46.4 Å². The molecule has 2 aromatic carbocycles. The SMILES string of the molecule is CCNC(=NCC(O)c1ccc(C)cc1)N1CCc2ccccc21. The minimum atomic E-state index is -0.586. The Bertz CT molecular complexity index is 709. The van der Waals surface area contributed by atoms with Gasteiger partial charge in [0, 0.05) is 18.8 Å². The van der Waals surface area contributed by atoms with Gasteiger partial charge in [-0.25, -0.2) is 4.99 Å². The highest BCUT2D eigenvalue weighted by Gasteiger charge is 2.22. The van der Waals surface area contributed by atoms with Crippen LogP contribution in [0.2, 0.25) is 0 Å². The first kappa shape index (κ1) is 16.5. The van der Waals surface area contributed by atoms with E-state index in [9.17, 15) is 5.11 Å². The Labute approximate surface area is 143 Å². The zero-order valence-corrected chi connectivity index (χ0v) is 14.4. The number of aliphatic imine (C=N–C) groups is 1. The molecular formula is C20H25N3O. The number of aliphatic hydroxyl groups excluding tert-OH is 1. The molecule has 3 rings (SSSR count). The smallest absolute Gasteiger partial charge is 0.198 e. The summed E-state index contributed by atoms with van der Waals surface area (Å²) >= 11 is 0. The van der Waals surface area contributed by atoms with Crippen molar-refractivity contribution in [1.82, 2.24) is 5.32 Å². The van der Waals surface area contributed by atoms with Crippen molar-refractivity contribution >= 4 is 11.6 Å². The number of hydrogen-bond acceptors (Lipinski definition) is 2. The highest BCUT2D eigenvalue weighted by molar-refractivity contribution is 5.97. The van der Waals surface area contributed by atoms with Gasteiger partial charge in [-0.3, -0.25) is 0 Å². The average molecular weight is 323 g/mol. The molecule has 0 bridgehead atoms. The number of anilines is 1. The quantitative estimate of drug-likeness (QED) is 0.671. The third kappa shape index (κ3) is 3.60. The van der Waals surface area contributed by atoms with Crippen LogP contribution in [0.1, 0.15) is 29.7 Å². The van der Waals surface area contributed by atoms with E-state index >= 15 is 0 Å². The fraction of sp³-hybridized carbons (Fsp3) is 0.350. The van der Waals surface area contributed by atoms with E-state index in [1.54, 1.807) is 0 Å². The molecule has 0 aliphatic carbocycles. The summed E-state index contributed by atoms with van der Waals surface area (Å²) in [4.78, 5) is 6.88. The molecule has 1 heterocycles. The number of fused-ring (bicyclic) bond motifs is 1. The van der Waals surface area contributed by atoms with Crippen LogP contribution < -0.4 is 10.2 Å². The number of guanidine groups is 1. The predicted molar refractivity (Wildman–Crippen MR) is 99.6 cm³/mol. The standard InChI is InChI=1S/C20H25N3O/c1-3-21-20(23-13-12-16-6-4-5-7-18(16)23)22-14-19(24)17-10-8-15(2)9-11-17/h4-11,19,24H,3,12-14H2,1-2H3,(H,21,22). The normalized spacial score (nSPS) is 15.3. The van der Waals surface area contributed by atoms with E-state index in [-0.39, 0.29) is 0 Å². The summed E-state index contributed by atoms with van der Waals surface area (Å²) in [6, 6.07) is 16.4. The summed E-state index contributed by atoms with van der Waals surface area (Å²) in [6.07, 6.45) is 0.443. The van der Waals surface area contributed by atoms with E-state index in [0.717, 1.165) is 31.0 Å². The minimum Gasteiger partial charge on any atom is -0.386 e. The van der Waals surface area contributed by atoms with Crippen LogP contribution in [0.15, 0.2) is 53.5 Å². The average Bonchev–Trinajstić information content (AvgIpc) is 3.03. The van der Waals surface area contributed by atoms with Gasteiger partial charge < -0.3 is 15.3 Å². The Kier molecular flexibility index (Phi) is 5.16. The molecule has 1 aliphatic heterocycles. The van der Waals surface area contributed by atoms with Gasteiger partial charge in [-0.1, -0.05) is 48.0 Å². The molecule has 0 radical (unpaired) electrons. The van der Waals surface area contributed by atoms with E-state index in [4.69, 9.17) is 0 Å². The Morgan fingerprint density at radius 1 is 1.21 bits per heavy atom. The lowest BCUT2D eigenvalue weighted by Gasteiger charge is -2.22. The molecule has 1 atom stereocenters. The van der Waals surface area contributed by atoms with Crippen molar-refractivity contribution in [3.63, 3.8) is 0 Å².